The van der Waals surface area contributed by atoms with Crippen molar-refractivity contribution in [3.8, 4) is 0 Å². The van der Waals surface area contributed by atoms with E-state index in [0.29, 0.717) is 18.9 Å². The van der Waals surface area contributed by atoms with Crippen LogP contribution in [0.2, 0.25) is 0 Å². The van der Waals surface area contributed by atoms with Gasteiger partial charge in [-0.25, -0.2) is 0 Å². The Balaban J connectivity index is 2.78. The Hall–Kier alpha value is -0.770. The van der Waals surface area contributed by atoms with Crippen LogP contribution in [0.1, 0.15) is 40.5 Å². The highest BCUT2D eigenvalue weighted by Gasteiger charge is 2.34. The number of hydrogen-bond donors (Lipinski definition) is 1. The van der Waals surface area contributed by atoms with E-state index in [2.05, 4.69) is 5.32 Å². The van der Waals surface area contributed by atoms with Crippen LogP contribution in [0.3, 0.4) is 0 Å². The second-order valence-electron chi connectivity index (χ2n) is 5.07. The Morgan fingerprint density at radius 3 is 1.92 bits per heavy atom. The highest BCUT2D eigenvalue weighted by atomic mass is 16.6. The average molecular weight is 185 g/mol. The van der Waals surface area contributed by atoms with E-state index < -0.39 is 0 Å². The number of nitrogens with zero attached hydrogens (tertiary/aromatic N) is 1. The second-order valence-corrected chi connectivity index (χ2v) is 5.07. The van der Waals surface area contributed by atoms with E-state index >= 15 is 0 Å². The van der Waals surface area contributed by atoms with Gasteiger partial charge in [-0.15, -0.1) is 4.92 Å². The van der Waals surface area contributed by atoms with Gasteiger partial charge < -0.3 is 5.32 Å². The molecule has 0 aromatic rings. The van der Waals surface area contributed by atoms with Crippen molar-refractivity contribution in [2.24, 2.45) is 0 Å². The molecule has 0 atom stereocenters. The van der Waals surface area contributed by atoms with Crippen LogP contribution >= 0.6 is 0 Å². The Kier molecular flexibility index (Phi) is 2.28. The Morgan fingerprint density at radius 2 is 1.62 bits per heavy atom. The van der Waals surface area contributed by atoms with Crippen LogP contribution in [0, 0.1) is 16.2 Å². The summed E-state index contributed by atoms with van der Waals surface area (Å²) in [6, 6.07) is 0.439. The molecule has 4 heteroatoms. The third-order valence-corrected chi connectivity index (χ3v) is 2.23. The smallest absolute Gasteiger partial charge is 0.00643 e. The topological polar surface area (TPSA) is 55.2 Å². The molecular weight excluding hydrogens is 168 g/mol. The fourth-order valence-electron chi connectivity index (χ4n) is 2.22. The van der Waals surface area contributed by atoms with Crippen molar-refractivity contribution in [1.29, 1.82) is 0 Å². The highest BCUT2D eigenvalue weighted by Crippen LogP contribution is 2.34. The van der Waals surface area contributed by atoms with E-state index in [0.717, 1.165) is 0 Å². The minimum absolute atomic E-state index is 0.163. The molecule has 0 spiro atoms. The molecule has 4 nitrogen and oxygen atoms in total. The van der Waals surface area contributed by atoms with Gasteiger partial charge in [0.25, 0.3) is 0 Å². The first-order chi connectivity index (χ1) is 5.72. The highest BCUT2D eigenvalue weighted by molar-refractivity contribution is 5.04. The fourth-order valence-corrected chi connectivity index (χ4v) is 2.22. The van der Waals surface area contributed by atoms with Gasteiger partial charge in [-0.05, 0) is 44.8 Å². The lowest BCUT2D eigenvalue weighted by molar-refractivity contribution is -0.475. The predicted molar refractivity (Wildman–Crippen MR) is 50.8 cm³/mol. The van der Waals surface area contributed by atoms with Crippen molar-refractivity contribution < 1.29 is 4.92 Å². The van der Waals surface area contributed by atoms with Gasteiger partial charge in [0.2, 0.25) is 0 Å². The standard InChI is InChI=1S/C9H17N2O2/c1-8(2)5-7(11(12)13)6-9(3,4)10-8/h10H,5-6H2,1-4H3/q-1. The van der Waals surface area contributed by atoms with Gasteiger partial charge in [-0.3, -0.25) is 10.1 Å². The number of rotatable bonds is 1. The van der Waals surface area contributed by atoms with E-state index in [1.165, 1.54) is 0 Å². The molecule has 0 unspecified atom stereocenters. The molecule has 1 aliphatic rings. The van der Waals surface area contributed by atoms with Crippen LogP contribution in [-0.4, -0.2) is 16.0 Å². The normalized spacial score (nSPS) is 25.7. The Labute approximate surface area is 78.9 Å². The van der Waals surface area contributed by atoms with Crippen LogP contribution in [0.15, 0.2) is 0 Å². The lowest BCUT2D eigenvalue weighted by Crippen LogP contribution is -2.58. The summed E-state index contributed by atoms with van der Waals surface area (Å²) in [5.74, 6) is 0. The molecule has 1 N–H and O–H groups in total. The van der Waals surface area contributed by atoms with E-state index in [4.69, 9.17) is 0 Å². The average Bonchev–Trinajstić information content (AvgIpc) is 1.79. The summed E-state index contributed by atoms with van der Waals surface area (Å²) < 4.78 is 0. The Bertz CT molecular complexity index is 208. The molecule has 0 aromatic heterocycles. The zero-order valence-corrected chi connectivity index (χ0v) is 8.68. The molecule has 0 bridgehead atoms. The van der Waals surface area contributed by atoms with Crippen molar-refractivity contribution in [3.63, 3.8) is 0 Å². The lowest BCUT2D eigenvalue weighted by atomic mass is 9.80. The van der Waals surface area contributed by atoms with Gasteiger partial charge in [0.05, 0.1) is 0 Å². The maximum Gasteiger partial charge on any atom is -0.00643 e. The third kappa shape index (κ3) is 2.59. The molecule has 0 aromatic carbocycles. The number of hydrogen-bond acceptors (Lipinski definition) is 3. The molecular formula is C9H17N2O2-. The molecule has 1 saturated heterocycles. The van der Waals surface area contributed by atoms with E-state index in [1.54, 1.807) is 0 Å². The molecule has 76 valence electrons. The van der Waals surface area contributed by atoms with Gasteiger partial charge in [-0.2, -0.15) is 0 Å². The summed E-state index contributed by atoms with van der Waals surface area (Å²) in [6.07, 6.45) is 1.06. The number of nitrogens with one attached hydrogen (secondary N) is 1. The first kappa shape index (κ1) is 10.3. The van der Waals surface area contributed by atoms with Crippen molar-refractivity contribution in [2.75, 3.05) is 0 Å². The minimum Gasteiger partial charge on any atom is -0.311 e. The van der Waals surface area contributed by atoms with Crippen LogP contribution in [0.4, 0.5) is 0 Å². The number of nitro groups is 1. The largest absolute Gasteiger partial charge is 0.311 e. The first-order valence-corrected chi connectivity index (χ1v) is 4.50. The molecule has 13 heavy (non-hydrogen) atoms. The van der Waals surface area contributed by atoms with Crippen LogP contribution in [-0.2, 0) is 0 Å². The summed E-state index contributed by atoms with van der Waals surface area (Å²) >= 11 is 0. The second kappa shape index (κ2) is 2.87. The molecule has 0 aliphatic carbocycles. The Morgan fingerprint density at radius 1 is 1.23 bits per heavy atom. The van der Waals surface area contributed by atoms with Crippen LogP contribution in [0.25, 0.3) is 0 Å². The quantitative estimate of drug-likeness (QED) is 0.384. The van der Waals surface area contributed by atoms with Crippen LogP contribution in [0.5, 0.6) is 0 Å². The lowest BCUT2D eigenvalue weighted by Gasteiger charge is -2.49. The molecule has 1 rings (SSSR count). The van der Waals surface area contributed by atoms with Gasteiger partial charge >= 0.3 is 0 Å². The monoisotopic (exact) mass is 185 g/mol. The van der Waals surface area contributed by atoms with Crippen molar-refractivity contribution in [3.05, 3.63) is 16.2 Å². The summed E-state index contributed by atoms with van der Waals surface area (Å²) in [7, 11) is 0. The van der Waals surface area contributed by atoms with E-state index in [-0.39, 0.29) is 16.0 Å². The molecule has 0 amide bonds. The third-order valence-electron chi connectivity index (χ3n) is 2.23. The predicted octanol–water partition coefficient (Wildman–Crippen LogP) is 1.74. The van der Waals surface area contributed by atoms with Gasteiger partial charge in [0, 0.05) is 0 Å². The van der Waals surface area contributed by atoms with E-state index in [9.17, 15) is 10.1 Å². The molecule has 1 fully saturated rings. The zero-order valence-electron chi connectivity index (χ0n) is 8.68. The van der Waals surface area contributed by atoms with E-state index in [1.807, 2.05) is 27.7 Å². The molecule has 1 aliphatic heterocycles. The first-order valence-electron chi connectivity index (χ1n) is 4.50. The fraction of sp³-hybridized carbons (Fsp3) is 0.889. The molecule has 0 saturated carbocycles. The summed E-state index contributed by atoms with van der Waals surface area (Å²) in [5.41, 5.74) is -0.325. The molecule has 1 heterocycles. The van der Waals surface area contributed by atoms with Gasteiger partial charge in [-0.1, -0.05) is 12.8 Å². The van der Waals surface area contributed by atoms with Crippen molar-refractivity contribution in [2.45, 2.75) is 51.6 Å². The summed E-state index contributed by atoms with van der Waals surface area (Å²) in [4.78, 5) is 10.4. The SMILES string of the molecule is CC1(C)C[C-]([N+](=O)[O-])CC(C)(C)N1. The van der Waals surface area contributed by atoms with Crippen molar-refractivity contribution in [1.82, 2.24) is 5.32 Å². The number of piperidine rings is 1. The summed E-state index contributed by atoms with van der Waals surface area (Å²) in [6.45, 7) is 7.99. The molecule has 0 radical (unpaired) electrons. The van der Waals surface area contributed by atoms with Crippen LogP contribution < -0.4 is 5.32 Å². The maximum atomic E-state index is 10.7. The van der Waals surface area contributed by atoms with Gasteiger partial charge in [0.15, 0.2) is 0 Å². The zero-order chi connectivity index (χ0) is 10.3. The van der Waals surface area contributed by atoms with Gasteiger partial charge in [0.1, 0.15) is 0 Å². The van der Waals surface area contributed by atoms with Crippen molar-refractivity contribution >= 4 is 0 Å². The summed E-state index contributed by atoms with van der Waals surface area (Å²) in [5, 5.41) is 14.1. The maximum absolute atomic E-state index is 10.7. The minimum atomic E-state index is -0.232.